The second-order valence-corrected chi connectivity index (χ2v) is 11.9. The molecular formula is C37H26N2O2S. The molecule has 0 amide bonds. The number of pyridine rings is 1. The van der Waals surface area contributed by atoms with Crippen LogP contribution in [0.4, 0.5) is 0 Å². The van der Waals surface area contributed by atoms with Gasteiger partial charge < -0.3 is 4.57 Å². The summed E-state index contributed by atoms with van der Waals surface area (Å²) in [5.74, 6) is 0. The molecule has 42 heavy (non-hydrogen) atoms. The van der Waals surface area contributed by atoms with Crippen LogP contribution in [-0.2, 0) is 9.84 Å². The minimum absolute atomic E-state index is 0.0272. The summed E-state index contributed by atoms with van der Waals surface area (Å²) in [6.45, 7) is 0. The monoisotopic (exact) mass is 562 g/mol. The van der Waals surface area contributed by atoms with E-state index < -0.39 is 9.84 Å². The average molecular weight is 563 g/mol. The fourth-order valence-corrected chi connectivity index (χ4v) is 6.76. The highest BCUT2D eigenvalue weighted by molar-refractivity contribution is 7.91. The Hall–Kier alpha value is -5.26. The number of hydrogen-bond donors (Lipinski definition) is 0. The molecule has 0 unspecified atom stereocenters. The summed E-state index contributed by atoms with van der Waals surface area (Å²) in [6, 6.07) is 51.1. The Balaban J connectivity index is 1.44. The van der Waals surface area contributed by atoms with Crippen molar-refractivity contribution in [2.75, 3.05) is 0 Å². The maximum atomic E-state index is 13.3. The van der Waals surface area contributed by atoms with Crippen LogP contribution in [0.15, 0.2) is 168 Å². The zero-order valence-corrected chi connectivity index (χ0v) is 23.4. The smallest absolute Gasteiger partial charge is 0.223 e. The van der Waals surface area contributed by atoms with Crippen LogP contribution in [0.3, 0.4) is 0 Å². The minimum Gasteiger partial charge on any atom is -0.309 e. The molecule has 0 N–H and O–H groups in total. The molecule has 0 radical (unpaired) electrons. The molecular weight excluding hydrogens is 536 g/mol. The molecule has 0 bridgehead atoms. The van der Waals surface area contributed by atoms with E-state index in [4.69, 9.17) is 0 Å². The van der Waals surface area contributed by atoms with Gasteiger partial charge in [-0.25, -0.2) is 13.4 Å². The first-order valence-electron chi connectivity index (χ1n) is 13.7. The van der Waals surface area contributed by atoms with E-state index in [1.54, 1.807) is 42.5 Å². The van der Waals surface area contributed by atoms with Crippen LogP contribution in [0.5, 0.6) is 0 Å². The lowest BCUT2D eigenvalue weighted by molar-refractivity contribution is 0.592. The van der Waals surface area contributed by atoms with Gasteiger partial charge in [-0.05, 0) is 53.6 Å². The lowest BCUT2D eigenvalue weighted by atomic mass is 9.98. The van der Waals surface area contributed by atoms with Gasteiger partial charge in [0.2, 0.25) is 9.84 Å². The van der Waals surface area contributed by atoms with Crippen molar-refractivity contribution < 1.29 is 8.42 Å². The first kappa shape index (κ1) is 25.7. The molecule has 7 aromatic rings. The predicted octanol–water partition coefficient (Wildman–Crippen LogP) is 8.86. The lowest BCUT2D eigenvalue weighted by Gasteiger charge is -2.15. The molecule has 0 saturated heterocycles. The number of rotatable bonds is 6. The van der Waals surface area contributed by atoms with E-state index >= 15 is 0 Å². The molecule has 0 saturated carbocycles. The van der Waals surface area contributed by atoms with E-state index in [0.717, 1.165) is 44.5 Å². The molecule has 202 valence electrons. The highest BCUT2D eigenvalue weighted by atomic mass is 32.2. The molecule has 0 spiro atoms. The molecule has 5 heteroatoms. The van der Waals surface area contributed by atoms with E-state index in [2.05, 4.69) is 94.5 Å². The Bertz CT molecular complexity index is 2140. The van der Waals surface area contributed by atoms with Crippen LogP contribution in [0.1, 0.15) is 0 Å². The van der Waals surface area contributed by atoms with Crippen LogP contribution in [-0.4, -0.2) is 18.0 Å². The Morgan fingerprint density at radius 2 is 1.12 bits per heavy atom. The quantitative estimate of drug-likeness (QED) is 0.203. The molecule has 0 aliphatic carbocycles. The van der Waals surface area contributed by atoms with Crippen molar-refractivity contribution in [1.29, 1.82) is 0 Å². The predicted molar refractivity (Wildman–Crippen MR) is 169 cm³/mol. The van der Waals surface area contributed by atoms with Gasteiger partial charge in [0.05, 0.1) is 21.8 Å². The van der Waals surface area contributed by atoms with Crippen molar-refractivity contribution in [3.8, 4) is 39.3 Å². The molecule has 0 aliphatic rings. The number of fused-ring (bicyclic) bond motifs is 1. The number of sulfone groups is 1. The normalized spacial score (nSPS) is 11.5. The first-order valence-corrected chi connectivity index (χ1v) is 15.2. The highest BCUT2D eigenvalue weighted by Crippen LogP contribution is 2.43. The topological polar surface area (TPSA) is 52.0 Å². The Morgan fingerprint density at radius 1 is 0.524 bits per heavy atom. The first-order chi connectivity index (χ1) is 20.6. The SMILES string of the molecule is O=S(=O)(c1ccccc1)c1cccc(-c2cccc(-n3c(-c4ccccc4)c(-c4ccccc4)c4ccccc43)c2)n1. The van der Waals surface area contributed by atoms with E-state index in [9.17, 15) is 8.42 Å². The highest BCUT2D eigenvalue weighted by Gasteiger charge is 2.22. The van der Waals surface area contributed by atoms with Gasteiger partial charge in [-0.1, -0.05) is 115 Å². The molecule has 2 heterocycles. The fraction of sp³-hybridized carbons (Fsp3) is 0. The van der Waals surface area contributed by atoms with Crippen molar-refractivity contribution in [2.45, 2.75) is 9.92 Å². The lowest BCUT2D eigenvalue weighted by Crippen LogP contribution is -2.05. The minimum atomic E-state index is -3.75. The van der Waals surface area contributed by atoms with E-state index in [-0.39, 0.29) is 9.92 Å². The maximum absolute atomic E-state index is 13.3. The number of aromatic nitrogens is 2. The van der Waals surface area contributed by atoms with Gasteiger partial charge in [0.1, 0.15) is 0 Å². The molecule has 0 fully saturated rings. The van der Waals surface area contributed by atoms with Crippen LogP contribution < -0.4 is 0 Å². The zero-order chi connectivity index (χ0) is 28.5. The summed E-state index contributed by atoms with van der Waals surface area (Å²) in [6.07, 6.45) is 0. The molecule has 5 aromatic carbocycles. The van der Waals surface area contributed by atoms with Crippen molar-refractivity contribution in [2.24, 2.45) is 0 Å². The van der Waals surface area contributed by atoms with Crippen molar-refractivity contribution >= 4 is 20.7 Å². The standard InChI is InChI=1S/C37H26N2O2S/c40-42(41,31-20-8-3-9-21-31)35-25-13-23-33(38-35)29-18-12-19-30(26-29)39-34-24-11-10-22-32(34)36(27-14-4-1-5-15-27)37(39)28-16-6-2-7-17-28/h1-26H. The number of benzene rings is 5. The third-order valence-electron chi connectivity index (χ3n) is 7.44. The van der Waals surface area contributed by atoms with E-state index in [1.807, 2.05) is 30.3 Å². The molecule has 4 nitrogen and oxygen atoms in total. The summed E-state index contributed by atoms with van der Waals surface area (Å²) in [5.41, 5.74) is 7.97. The van der Waals surface area contributed by atoms with Gasteiger partial charge >= 0.3 is 0 Å². The van der Waals surface area contributed by atoms with Crippen LogP contribution in [0.25, 0.3) is 50.2 Å². The van der Waals surface area contributed by atoms with E-state index in [1.165, 1.54) is 0 Å². The third kappa shape index (κ3) is 4.50. The number of nitrogens with zero attached hydrogens (tertiary/aromatic N) is 2. The maximum Gasteiger partial charge on any atom is 0.223 e. The van der Waals surface area contributed by atoms with Gasteiger partial charge in [-0.3, -0.25) is 0 Å². The summed E-state index contributed by atoms with van der Waals surface area (Å²) in [4.78, 5) is 4.85. The summed E-state index contributed by atoms with van der Waals surface area (Å²) < 4.78 is 28.9. The summed E-state index contributed by atoms with van der Waals surface area (Å²) in [7, 11) is -3.75. The van der Waals surface area contributed by atoms with Crippen molar-refractivity contribution in [3.05, 3.63) is 158 Å². The molecule has 2 aromatic heterocycles. The van der Waals surface area contributed by atoms with Crippen LogP contribution in [0, 0.1) is 0 Å². The van der Waals surface area contributed by atoms with Crippen LogP contribution >= 0.6 is 0 Å². The van der Waals surface area contributed by atoms with Crippen molar-refractivity contribution in [1.82, 2.24) is 9.55 Å². The number of para-hydroxylation sites is 1. The van der Waals surface area contributed by atoms with Gasteiger partial charge in [-0.15, -0.1) is 0 Å². The molecule has 0 atom stereocenters. The zero-order valence-electron chi connectivity index (χ0n) is 22.6. The third-order valence-corrected chi connectivity index (χ3v) is 9.11. The molecule has 0 aliphatic heterocycles. The average Bonchev–Trinajstić information content (AvgIpc) is 3.41. The summed E-state index contributed by atoms with van der Waals surface area (Å²) in [5, 5.41) is 1.18. The van der Waals surface area contributed by atoms with Gasteiger partial charge in [0.15, 0.2) is 5.03 Å². The Kier molecular flexibility index (Phi) is 6.49. The van der Waals surface area contributed by atoms with Gasteiger partial charge in [-0.2, -0.15) is 0 Å². The van der Waals surface area contributed by atoms with Gasteiger partial charge in [0, 0.05) is 22.2 Å². The fourth-order valence-electron chi connectivity index (χ4n) is 5.52. The number of hydrogen-bond acceptors (Lipinski definition) is 3. The largest absolute Gasteiger partial charge is 0.309 e. The van der Waals surface area contributed by atoms with Crippen molar-refractivity contribution in [3.63, 3.8) is 0 Å². The van der Waals surface area contributed by atoms with Crippen LogP contribution in [0.2, 0.25) is 0 Å². The Morgan fingerprint density at radius 3 is 1.86 bits per heavy atom. The van der Waals surface area contributed by atoms with Gasteiger partial charge in [0.25, 0.3) is 0 Å². The van der Waals surface area contributed by atoms with E-state index in [0.29, 0.717) is 5.69 Å². The second-order valence-electron chi connectivity index (χ2n) is 10.0. The Labute approximate surface area is 245 Å². The second kappa shape index (κ2) is 10.6. The molecule has 7 rings (SSSR count). The summed E-state index contributed by atoms with van der Waals surface area (Å²) >= 11 is 0.